The van der Waals surface area contributed by atoms with Crippen LogP contribution in [0.3, 0.4) is 0 Å². The Morgan fingerprint density at radius 2 is 1.48 bits per heavy atom. The first kappa shape index (κ1) is 16.6. The van der Waals surface area contributed by atoms with E-state index in [-0.39, 0.29) is 37.3 Å². The van der Waals surface area contributed by atoms with E-state index in [4.69, 9.17) is 5.73 Å². The lowest BCUT2D eigenvalue weighted by molar-refractivity contribution is -0.126. The molecule has 4 rings (SSSR count). The van der Waals surface area contributed by atoms with Gasteiger partial charge in [0, 0.05) is 6.54 Å². The predicted molar refractivity (Wildman–Crippen MR) is 82.9 cm³/mol. The van der Waals surface area contributed by atoms with E-state index in [1.54, 1.807) is 0 Å². The number of hydrogen-bond donors (Lipinski definition) is 3. The molecule has 0 heterocycles. The van der Waals surface area contributed by atoms with Gasteiger partial charge >= 0.3 is 0 Å². The van der Waals surface area contributed by atoms with Gasteiger partial charge in [0.1, 0.15) is 0 Å². The molecule has 0 aromatic carbocycles. The maximum absolute atomic E-state index is 11.8. The Kier molecular flexibility index (Phi) is 5.15. The van der Waals surface area contributed by atoms with E-state index in [9.17, 15) is 9.59 Å². The molecular formula is C15H26ClN3O2. The summed E-state index contributed by atoms with van der Waals surface area (Å²) in [4.78, 5) is 22.8. The summed E-state index contributed by atoms with van der Waals surface area (Å²) in [5.74, 6) is 2.32. The smallest absolute Gasteiger partial charge is 0.239 e. The quantitative estimate of drug-likeness (QED) is 0.702. The minimum absolute atomic E-state index is 0. The lowest BCUT2D eigenvalue weighted by atomic mass is 9.49. The molecule has 4 aliphatic rings. The van der Waals surface area contributed by atoms with Crippen molar-refractivity contribution >= 4 is 24.2 Å². The monoisotopic (exact) mass is 315 g/mol. The number of nitrogens with two attached hydrogens (primary N) is 1. The molecule has 4 fully saturated rings. The van der Waals surface area contributed by atoms with Crippen LogP contribution in [0, 0.1) is 23.2 Å². The van der Waals surface area contributed by atoms with Crippen molar-refractivity contribution in [2.45, 2.75) is 38.5 Å². The van der Waals surface area contributed by atoms with Gasteiger partial charge in [0.05, 0.1) is 13.1 Å². The van der Waals surface area contributed by atoms with Crippen molar-refractivity contribution in [1.82, 2.24) is 10.6 Å². The van der Waals surface area contributed by atoms with Crippen LogP contribution in [0.15, 0.2) is 0 Å². The van der Waals surface area contributed by atoms with E-state index >= 15 is 0 Å². The highest BCUT2D eigenvalue weighted by molar-refractivity contribution is 5.85. The molecule has 2 amide bonds. The molecule has 0 aromatic heterocycles. The van der Waals surface area contributed by atoms with Crippen LogP contribution < -0.4 is 16.4 Å². The molecule has 0 atom stereocenters. The summed E-state index contributed by atoms with van der Waals surface area (Å²) in [6.45, 7) is 0.762. The van der Waals surface area contributed by atoms with Crippen LogP contribution >= 0.6 is 12.4 Å². The third-order valence-electron chi connectivity index (χ3n) is 5.46. The first-order chi connectivity index (χ1) is 9.58. The van der Waals surface area contributed by atoms with Crippen molar-refractivity contribution in [3.8, 4) is 0 Å². The number of carbonyl (C=O) groups is 2. The molecule has 0 saturated heterocycles. The first-order valence-electron chi connectivity index (χ1n) is 7.82. The fourth-order valence-corrected chi connectivity index (χ4v) is 5.11. The molecule has 5 nitrogen and oxygen atoms in total. The van der Waals surface area contributed by atoms with Crippen LogP contribution in [0.5, 0.6) is 0 Å². The van der Waals surface area contributed by atoms with Crippen molar-refractivity contribution in [2.24, 2.45) is 28.9 Å². The van der Waals surface area contributed by atoms with Gasteiger partial charge in [-0.25, -0.2) is 0 Å². The molecular weight excluding hydrogens is 290 g/mol. The lowest BCUT2D eigenvalue weighted by Crippen LogP contribution is -2.52. The molecule has 120 valence electrons. The van der Waals surface area contributed by atoms with Crippen molar-refractivity contribution in [1.29, 1.82) is 0 Å². The second-order valence-electron chi connectivity index (χ2n) is 7.18. The highest BCUT2D eigenvalue weighted by Gasteiger charge is 2.50. The van der Waals surface area contributed by atoms with E-state index in [2.05, 4.69) is 10.6 Å². The Bertz CT molecular complexity index is 378. The summed E-state index contributed by atoms with van der Waals surface area (Å²) in [5.41, 5.74) is 5.54. The lowest BCUT2D eigenvalue weighted by Gasteiger charge is -2.56. The van der Waals surface area contributed by atoms with Gasteiger partial charge in [0.2, 0.25) is 11.8 Å². The zero-order valence-electron chi connectivity index (χ0n) is 12.4. The van der Waals surface area contributed by atoms with Gasteiger partial charge in [-0.15, -0.1) is 12.4 Å². The van der Waals surface area contributed by atoms with Crippen LogP contribution in [0.1, 0.15) is 38.5 Å². The predicted octanol–water partition coefficient (Wildman–Crippen LogP) is 0.816. The molecule has 0 radical (unpaired) electrons. The second-order valence-corrected chi connectivity index (χ2v) is 7.18. The number of rotatable bonds is 5. The van der Waals surface area contributed by atoms with Crippen LogP contribution in [-0.2, 0) is 9.59 Å². The minimum atomic E-state index is -0.282. The zero-order chi connectivity index (χ0) is 14.2. The average Bonchev–Trinajstić information content (AvgIpc) is 2.41. The molecule has 0 aliphatic heterocycles. The minimum Gasteiger partial charge on any atom is -0.354 e. The molecule has 0 unspecified atom stereocenters. The number of halogens is 1. The molecule has 4 N–H and O–H groups in total. The first-order valence-corrected chi connectivity index (χ1v) is 7.82. The summed E-state index contributed by atoms with van der Waals surface area (Å²) in [6.07, 6.45) is 8.11. The Hall–Kier alpha value is -0.810. The van der Waals surface area contributed by atoms with Crippen LogP contribution in [0.2, 0.25) is 0 Å². The van der Waals surface area contributed by atoms with E-state index in [0.717, 1.165) is 24.3 Å². The topological polar surface area (TPSA) is 84.2 Å². The van der Waals surface area contributed by atoms with Gasteiger partial charge in [0.25, 0.3) is 0 Å². The number of nitrogens with one attached hydrogen (secondary N) is 2. The van der Waals surface area contributed by atoms with Gasteiger partial charge < -0.3 is 16.4 Å². The fraction of sp³-hybridized carbons (Fsp3) is 0.867. The van der Waals surface area contributed by atoms with Gasteiger partial charge in [-0.3, -0.25) is 9.59 Å². The molecule has 4 saturated carbocycles. The van der Waals surface area contributed by atoms with Gasteiger partial charge in [-0.1, -0.05) is 0 Å². The molecule has 6 heteroatoms. The standard InChI is InChI=1S/C15H25N3O2.ClH/c16-7-13(19)17-8-14(20)18-9-15-4-10-1-11(5-15)3-12(2-10)6-15;/h10-12H,1-9,16H2,(H,17,19)(H,18,20);1H. The van der Waals surface area contributed by atoms with Crippen molar-refractivity contribution in [3.05, 3.63) is 0 Å². The van der Waals surface area contributed by atoms with E-state index in [0.29, 0.717) is 5.41 Å². The largest absolute Gasteiger partial charge is 0.354 e. The number of hydrogen-bond acceptors (Lipinski definition) is 3. The normalized spacial score (nSPS) is 36.0. The van der Waals surface area contributed by atoms with Crippen LogP contribution in [-0.4, -0.2) is 31.4 Å². The summed E-state index contributed by atoms with van der Waals surface area (Å²) >= 11 is 0. The van der Waals surface area contributed by atoms with Gasteiger partial charge in [-0.05, 0) is 61.7 Å². The fourth-order valence-electron chi connectivity index (χ4n) is 5.11. The molecule has 0 spiro atoms. The number of amides is 2. The Labute approximate surface area is 132 Å². The number of carbonyl (C=O) groups excluding carboxylic acids is 2. The Morgan fingerprint density at radius 3 is 1.95 bits per heavy atom. The Balaban J connectivity index is 0.00000161. The third-order valence-corrected chi connectivity index (χ3v) is 5.46. The Morgan fingerprint density at radius 1 is 0.952 bits per heavy atom. The van der Waals surface area contributed by atoms with E-state index in [1.807, 2.05) is 0 Å². The second kappa shape index (κ2) is 6.53. The summed E-state index contributed by atoms with van der Waals surface area (Å²) in [7, 11) is 0. The van der Waals surface area contributed by atoms with Crippen molar-refractivity contribution < 1.29 is 9.59 Å². The van der Waals surface area contributed by atoms with Crippen molar-refractivity contribution in [2.75, 3.05) is 19.6 Å². The van der Waals surface area contributed by atoms with Crippen molar-refractivity contribution in [3.63, 3.8) is 0 Å². The van der Waals surface area contributed by atoms with Gasteiger partial charge in [-0.2, -0.15) is 0 Å². The van der Waals surface area contributed by atoms with Crippen LogP contribution in [0.25, 0.3) is 0 Å². The van der Waals surface area contributed by atoms with E-state index < -0.39 is 0 Å². The maximum Gasteiger partial charge on any atom is 0.239 e. The zero-order valence-corrected chi connectivity index (χ0v) is 13.2. The van der Waals surface area contributed by atoms with E-state index in [1.165, 1.54) is 38.5 Å². The molecule has 0 aromatic rings. The highest BCUT2D eigenvalue weighted by Crippen LogP contribution is 2.59. The molecule has 4 bridgehead atoms. The molecule has 4 aliphatic carbocycles. The highest BCUT2D eigenvalue weighted by atomic mass is 35.5. The summed E-state index contributed by atoms with van der Waals surface area (Å²) < 4.78 is 0. The SMILES string of the molecule is Cl.NCC(=O)NCC(=O)NCC12CC3CC(CC(C3)C1)C2. The average molecular weight is 316 g/mol. The van der Waals surface area contributed by atoms with Crippen LogP contribution in [0.4, 0.5) is 0 Å². The summed E-state index contributed by atoms with van der Waals surface area (Å²) in [6, 6.07) is 0. The van der Waals surface area contributed by atoms with Gasteiger partial charge in [0.15, 0.2) is 0 Å². The molecule has 21 heavy (non-hydrogen) atoms. The third kappa shape index (κ3) is 3.69. The maximum atomic E-state index is 11.8. The summed E-state index contributed by atoms with van der Waals surface area (Å²) in [5, 5.41) is 5.54.